The fourth-order valence-electron chi connectivity index (χ4n) is 2.99. The molecule has 136 valence electrons. The topological polar surface area (TPSA) is 58.6 Å². The van der Waals surface area contributed by atoms with E-state index in [1.165, 1.54) is 16.2 Å². The average molecular weight is 378 g/mol. The molecular weight excluding hydrogens is 360 g/mol. The van der Waals surface area contributed by atoms with E-state index in [0.29, 0.717) is 22.7 Å². The summed E-state index contributed by atoms with van der Waals surface area (Å²) in [5.74, 6) is 0.543. The molecule has 1 aliphatic rings. The van der Waals surface area contributed by atoms with Gasteiger partial charge in [-0.25, -0.2) is 0 Å². The molecule has 5 nitrogen and oxygen atoms in total. The third kappa shape index (κ3) is 3.31. The average Bonchev–Trinajstić information content (AvgIpc) is 3.12. The number of nitrogens with one attached hydrogen (secondary N) is 1. The molecule has 27 heavy (non-hydrogen) atoms. The van der Waals surface area contributed by atoms with Crippen molar-refractivity contribution in [3.8, 4) is 16.2 Å². The van der Waals surface area contributed by atoms with Crippen molar-refractivity contribution in [2.45, 2.75) is 6.61 Å². The van der Waals surface area contributed by atoms with Gasteiger partial charge in [0, 0.05) is 41.4 Å². The maximum Gasteiger partial charge on any atom is 0.265 e. The van der Waals surface area contributed by atoms with Crippen LogP contribution in [0, 0.1) is 0 Å². The summed E-state index contributed by atoms with van der Waals surface area (Å²) < 4.78 is 5.76. The zero-order valence-corrected chi connectivity index (χ0v) is 15.8. The predicted molar refractivity (Wildman–Crippen MR) is 106 cm³/mol. The van der Waals surface area contributed by atoms with Gasteiger partial charge < -0.3 is 15.0 Å². The highest BCUT2D eigenvalue weighted by Crippen LogP contribution is 2.42. The first kappa shape index (κ1) is 17.3. The van der Waals surface area contributed by atoms with Crippen molar-refractivity contribution in [1.29, 1.82) is 0 Å². The number of nitrogens with zero attached hydrogens (tertiary/aromatic N) is 1. The first-order chi connectivity index (χ1) is 13.0. The van der Waals surface area contributed by atoms with Crippen LogP contribution in [0.2, 0.25) is 0 Å². The van der Waals surface area contributed by atoms with Gasteiger partial charge in [0.05, 0.1) is 4.88 Å². The second kappa shape index (κ2) is 6.89. The van der Waals surface area contributed by atoms with E-state index < -0.39 is 0 Å². The summed E-state index contributed by atoms with van der Waals surface area (Å²) in [6.45, 7) is 0.461. The maximum absolute atomic E-state index is 12.7. The number of amides is 2. The number of para-hydroxylation sites is 1. The number of benzene rings is 2. The second-order valence-electron chi connectivity index (χ2n) is 6.48. The van der Waals surface area contributed by atoms with Gasteiger partial charge in [0.25, 0.3) is 11.8 Å². The molecule has 0 spiro atoms. The number of ether oxygens (including phenoxy) is 1. The molecule has 3 aromatic rings. The number of rotatable bonds is 3. The number of anilines is 1. The van der Waals surface area contributed by atoms with Gasteiger partial charge in [-0.1, -0.05) is 18.2 Å². The van der Waals surface area contributed by atoms with Gasteiger partial charge in [-0.15, -0.1) is 11.3 Å². The van der Waals surface area contributed by atoms with Crippen LogP contribution in [0.25, 0.3) is 10.4 Å². The largest absolute Gasteiger partial charge is 0.488 e. The Bertz CT molecular complexity index is 1040. The molecule has 0 unspecified atom stereocenters. The fourth-order valence-corrected chi connectivity index (χ4v) is 4.08. The number of hydrogen-bond donors (Lipinski definition) is 1. The van der Waals surface area contributed by atoms with Crippen molar-refractivity contribution >= 4 is 28.8 Å². The number of carbonyl (C=O) groups excluding carboxylic acids is 2. The highest BCUT2D eigenvalue weighted by Gasteiger charge is 2.22. The molecule has 0 bridgehead atoms. The summed E-state index contributed by atoms with van der Waals surface area (Å²) in [5.41, 5.74) is 3.16. The fraction of sp³-hybridized carbons (Fsp3) is 0.143. The molecule has 2 heterocycles. The van der Waals surface area contributed by atoms with Crippen LogP contribution in [0.1, 0.15) is 25.6 Å². The summed E-state index contributed by atoms with van der Waals surface area (Å²) in [6.07, 6.45) is 0. The van der Waals surface area contributed by atoms with E-state index in [0.717, 1.165) is 21.8 Å². The molecule has 6 heteroatoms. The van der Waals surface area contributed by atoms with Gasteiger partial charge in [0.2, 0.25) is 0 Å². The summed E-state index contributed by atoms with van der Waals surface area (Å²) >= 11 is 1.45. The van der Waals surface area contributed by atoms with Crippen molar-refractivity contribution in [1.82, 2.24) is 4.90 Å². The first-order valence-corrected chi connectivity index (χ1v) is 9.32. The lowest BCUT2D eigenvalue weighted by Gasteiger charge is -2.16. The molecule has 4 rings (SSSR count). The van der Waals surface area contributed by atoms with Crippen LogP contribution in [-0.4, -0.2) is 30.8 Å². The van der Waals surface area contributed by atoms with Crippen LogP contribution in [-0.2, 0) is 6.61 Å². The lowest BCUT2D eigenvalue weighted by Crippen LogP contribution is -2.21. The van der Waals surface area contributed by atoms with E-state index >= 15 is 0 Å². The lowest BCUT2D eigenvalue weighted by atomic mass is 10.1. The van der Waals surface area contributed by atoms with E-state index in [9.17, 15) is 9.59 Å². The Hall–Kier alpha value is -3.12. The van der Waals surface area contributed by atoms with Crippen LogP contribution in [0.15, 0.2) is 54.6 Å². The van der Waals surface area contributed by atoms with E-state index in [2.05, 4.69) is 5.32 Å². The van der Waals surface area contributed by atoms with Crippen molar-refractivity contribution in [3.63, 3.8) is 0 Å². The minimum Gasteiger partial charge on any atom is -0.488 e. The Kier molecular flexibility index (Phi) is 4.41. The molecule has 0 saturated heterocycles. The molecule has 0 atom stereocenters. The summed E-state index contributed by atoms with van der Waals surface area (Å²) in [5, 5.41) is 2.89. The standard InChI is InChI=1S/C21H18N2O3S/c1-23(2)21(25)13-6-5-7-15(10-13)22-20(24)18-11-14-12-26-17-9-4-3-8-16(17)19(14)27-18/h3-11H,12H2,1-2H3,(H,22,24). The maximum atomic E-state index is 12.7. The van der Waals surface area contributed by atoms with Crippen LogP contribution in [0.5, 0.6) is 5.75 Å². The number of hydrogen-bond acceptors (Lipinski definition) is 4. The van der Waals surface area contributed by atoms with Crippen LogP contribution in [0.4, 0.5) is 5.69 Å². The van der Waals surface area contributed by atoms with Gasteiger partial charge in [0.15, 0.2) is 0 Å². The van der Waals surface area contributed by atoms with E-state index in [4.69, 9.17) is 4.74 Å². The van der Waals surface area contributed by atoms with Crippen LogP contribution < -0.4 is 10.1 Å². The zero-order chi connectivity index (χ0) is 19.0. The van der Waals surface area contributed by atoms with Gasteiger partial charge in [-0.05, 0) is 36.4 Å². The summed E-state index contributed by atoms with van der Waals surface area (Å²) in [6, 6.07) is 16.7. The van der Waals surface area contributed by atoms with Crippen LogP contribution in [0.3, 0.4) is 0 Å². The summed E-state index contributed by atoms with van der Waals surface area (Å²) in [4.78, 5) is 28.0. The Morgan fingerprint density at radius 1 is 1.07 bits per heavy atom. The lowest BCUT2D eigenvalue weighted by molar-refractivity contribution is 0.0827. The molecule has 2 aromatic carbocycles. The van der Waals surface area contributed by atoms with E-state index in [1.54, 1.807) is 38.4 Å². The number of fused-ring (bicyclic) bond motifs is 3. The van der Waals surface area contributed by atoms with Gasteiger partial charge in [0.1, 0.15) is 12.4 Å². The Balaban J connectivity index is 1.58. The Labute approximate surface area is 161 Å². The SMILES string of the molecule is CN(C)C(=O)c1cccc(NC(=O)c2cc3c(s2)-c2ccccc2OC3)c1. The minimum absolute atomic E-state index is 0.105. The smallest absolute Gasteiger partial charge is 0.265 e. The quantitative estimate of drug-likeness (QED) is 0.741. The molecule has 1 aliphatic heterocycles. The normalized spacial score (nSPS) is 11.8. The number of thiophene rings is 1. The molecular formula is C21H18N2O3S. The highest BCUT2D eigenvalue weighted by molar-refractivity contribution is 7.17. The predicted octanol–water partition coefficient (Wildman–Crippen LogP) is 4.26. The van der Waals surface area contributed by atoms with Crippen molar-refractivity contribution in [3.05, 3.63) is 70.6 Å². The molecule has 0 fully saturated rings. The molecule has 0 saturated carbocycles. The first-order valence-electron chi connectivity index (χ1n) is 8.51. The summed E-state index contributed by atoms with van der Waals surface area (Å²) in [7, 11) is 3.40. The third-order valence-corrected chi connectivity index (χ3v) is 5.53. The Morgan fingerprint density at radius 2 is 1.89 bits per heavy atom. The highest BCUT2D eigenvalue weighted by atomic mass is 32.1. The minimum atomic E-state index is -0.193. The molecule has 0 aliphatic carbocycles. The van der Waals surface area contributed by atoms with Crippen LogP contribution >= 0.6 is 11.3 Å². The van der Waals surface area contributed by atoms with Gasteiger partial charge in [-0.2, -0.15) is 0 Å². The monoisotopic (exact) mass is 378 g/mol. The molecule has 2 amide bonds. The van der Waals surface area contributed by atoms with E-state index in [1.807, 2.05) is 30.3 Å². The Morgan fingerprint density at radius 3 is 2.70 bits per heavy atom. The zero-order valence-electron chi connectivity index (χ0n) is 15.0. The molecule has 1 aromatic heterocycles. The third-order valence-electron chi connectivity index (χ3n) is 4.32. The van der Waals surface area contributed by atoms with Crippen molar-refractivity contribution < 1.29 is 14.3 Å². The molecule has 0 radical (unpaired) electrons. The number of carbonyl (C=O) groups is 2. The second-order valence-corrected chi connectivity index (χ2v) is 7.54. The van der Waals surface area contributed by atoms with Crippen molar-refractivity contribution in [2.24, 2.45) is 0 Å². The molecule has 1 N–H and O–H groups in total. The van der Waals surface area contributed by atoms with E-state index in [-0.39, 0.29) is 11.8 Å². The van der Waals surface area contributed by atoms with Gasteiger partial charge in [-0.3, -0.25) is 9.59 Å². The van der Waals surface area contributed by atoms with Gasteiger partial charge >= 0.3 is 0 Å². The van der Waals surface area contributed by atoms with Crippen molar-refractivity contribution in [2.75, 3.05) is 19.4 Å².